The number of rotatable bonds is 19. The largest absolute Gasteiger partial charge is 0.544 e. The van der Waals surface area contributed by atoms with Crippen molar-refractivity contribution in [2.45, 2.75) is 96.1 Å². The standard InChI is InChI=1S/C28H37F4N3O4/c1-2-3-4-5-6-7-8-9-10-13-18-35-19-16-22(17-20-35)21-39-24-15-12-11-14-23(24)33-34-25(36)27(29,30)28(31,32)26(37)38/h11-12,14-17,19-20,33H,2-10,13,18,21H2,1H3,(H-,34,36,37,38). The Bertz CT molecular complexity index is 1040. The average molecular weight is 556 g/mol. The van der Waals surface area contributed by atoms with E-state index in [2.05, 4.69) is 16.9 Å². The minimum atomic E-state index is -5.69. The quantitative estimate of drug-likeness (QED) is 0.111. The van der Waals surface area contributed by atoms with E-state index in [0.717, 1.165) is 18.5 Å². The molecular formula is C28H37F4N3O4. The Balaban J connectivity index is 1.76. The highest BCUT2D eigenvalue weighted by molar-refractivity contribution is 5.92. The summed E-state index contributed by atoms with van der Waals surface area (Å²) < 4.78 is 61.3. The number of carboxylic acids is 1. The summed E-state index contributed by atoms with van der Waals surface area (Å²) in [6.45, 7) is 3.25. The second kappa shape index (κ2) is 15.9. The van der Waals surface area contributed by atoms with Gasteiger partial charge in [-0.3, -0.25) is 15.6 Å². The summed E-state index contributed by atoms with van der Waals surface area (Å²) in [6, 6.07) is 9.70. The maximum Gasteiger partial charge on any atom is 0.393 e. The van der Waals surface area contributed by atoms with Crippen LogP contribution in [0.15, 0.2) is 48.8 Å². The van der Waals surface area contributed by atoms with Gasteiger partial charge in [-0.1, -0.05) is 70.4 Å². The third-order valence-electron chi connectivity index (χ3n) is 6.26. The zero-order valence-electron chi connectivity index (χ0n) is 22.2. The Morgan fingerprint density at radius 3 is 2.00 bits per heavy atom. The Kier molecular flexibility index (Phi) is 13.0. The van der Waals surface area contributed by atoms with Gasteiger partial charge in [-0.15, -0.1) is 0 Å². The number of alkyl halides is 4. The number of carbonyl (C=O) groups excluding carboxylic acids is 2. The van der Waals surface area contributed by atoms with Crippen molar-refractivity contribution in [2.75, 3.05) is 5.43 Å². The minimum absolute atomic E-state index is 0.00497. The van der Waals surface area contributed by atoms with Crippen molar-refractivity contribution in [3.05, 3.63) is 54.4 Å². The molecule has 39 heavy (non-hydrogen) atoms. The van der Waals surface area contributed by atoms with Crippen LogP contribution in [0.3, 0.4) is 0 Å². The highest BCUT2D eigenvalue weighted by atomic mass is 19.3. The Morgan fingerprint density at radius 2 is 1.41 bits per heavy atom. The normalized spacial score (nSPS) is 11.7. The number of hydrogen-bond acceptors (Lipinski definition) is 5. The number of para-hydroxylation sites is 2. The number of nitrogens with one attached hydrogen (secondary N) is 2. The van der Waals surface area contributed by atoms with E-state index in [1.54, 1.807) is 6.07 Å². The van der Waals surface area contributed by atoms with Crippen LogP contribution in [0.1, 0.15) is 76.7 Å². The fourth-order valence-electron chi connectivity index (χ4n) is 3.85. The maximum absolute atomic E-state index is 13.6. The Hall–Kier alpha value is -3.37. The lowest BCUT2D eigenvalue weighted by molar-refractivity contribution is -0.697. The van der Waals surface area contributed by atoms with Gasteiger partial charge in [0.25, 0.3) is 0 Å². The molecule has 0 aliphatic rings. The van der Waals surface area contributed by atoms with Crippen molar-refractivity contribution < 1.29 is 41.6 Å². The number of unbranched alkanes of at least 4 members (excludes halogenated alkanes) is 9. The molecule has 0 atom stereocenters. The fraction of sp³-hybridized carbons (Fsp3) is 0.536. The molecule has 2 rings (SSSR count). The van der Waals surface area contributed by atoms with Crippen molar-refractivity contribution in [1.82, 2.24) is 5.43 Å². The van der Waals surface area contributed by atoms with Crippen molar-refractivity contribution in [3.63, 3.8) is 0 Å². The monoisotopic (exact) mass is 555 g/mol. The van der Waals surface area contributed by atoms with E-state index in [4.69, 9.17) is 4.74 Å². The molecule has 2 N–H and O–H groups in total. The van der Waals surface area contributed by atoms with E-state index in [1.165, 1.54) is 81.4 Å². The predicted octanol–water partition coefficient (Wildman–Crippen LogP) is 4.94. The van der Waals surface area contributed by atoms with E-state index < -0.39 is 23.7 Å². The first-order valence-electron chi connectivity index (χ1n) is 13.3. The number of hydrogen-bond donors (Lipinski definition) is 2. The molecule has 11 heteroatoms. The molecule has 0 saturated carbocycles. The molecule has 0 bridgehead atoms. The molecule has 0 fully saturated rings. The van der Waals surface area contributed by atoms with Gasteiger partial charge in [0.15, 0.2) is 12.4 Å². The van der Waals surface area contributed by atoms with Crippen molar-refractivity contribution in [2.24, 2.45) is 0 Å². The van der Waals surface area contributed by atoms with Crippen molar-refractivity contribution in [3.8, 4) is 5.75 Å². The molecule has 0 unspecified atom stereocenters. The van der Waals surface area contributed by atoms with E-state index in [0.29, 0.717) is 0 Å². The number of amides is 1. The van der Waals surface area contributed by atoms with Gasteiger partial charge in [-0.25, -0.2) is 4.57 Å². The lowest BCUT2D eigenvalue weighted by Gasteiger charge is -2.26. The van der Waals surface area contributed by atoms with E-state index in [9.17, 15) is 32.3 Å². The molecule has 1 amide bonds. The summed E-state index contributed by atoms with van der Waals surface area (Å²) in [6.07, 6.45) is 16.6. The van der Waals surface area contributed by atoms with Crippen LogP contribution in [0.4, 0.5) is 23.2 Å². The molecule has 0 saturated heterocycles. The second-order valence-electron chi connectivity index (χ2n) is 9.43. The number of hydrazine groups is 1. The summed E-state index contributed by atoms with van der Waals surface area (Å²) >= 11 is 0. The van der Waals surface area contributed by atoms with Gasteiger partial charge in [0, 0.05) is 24.1 Å². The summed E-state index contributed by atoms with van der Waals surface area (Å²) in [5, 5.41) is 10.3. The van der Waals surface area contributed by atoms with Crippen LogP contribution in [0.2, 0.25) is 0 Å². The van der Waals surface area contributed by atoms with Crippen LogP contribution in [0.25, 0.3) is 0 Å². The van der Waals surface area contributed by atoms with Crippen molar-refractivity contribution >= 4 is 17.6 Å². The van der Waals surface area contributed by atoms with Gasteiger partial charge in [0.05, 0.1) is 5.69 Å². The SMILES string of the molecule is CCCCCCCCCCCC[n+]1ccc(COc2ccccc2NNC(=O)C(F)(F)C(F)(F)C(=O)[O-])cc1. The first kappa shape index (κ1) is 31.8. The number of benzene rings is 1. The molecule has 1 heterocycles. The van der Waals surface area contributed by atoms with Gasteiger partial charge in [-0.05, 0) is 18.6 Å². The van der Waals surface area contributed by atoms with Gasteiger partial charge in [0.2, 0.25) is 0 Å². The van der Waals surface area contributed by atoms with Crippen LogP contribution in [0.5, 0.6) is 5.75 Å². The number of anilines is 1. The van der Waals surface area contributed by atoms with E-state index in [1.807, 2.05) is 24.5 Å². The van der Waals surface area contributed by atoms with Gasteiger partial charge in [0.1, 0.15) is 24.9 Å². The fourth-order valence-corrected chi connectivity index (χ4v) is 3.85. The molecule has 7 nitrogen and oxygen atoms in total. The first-order chi connectivity index (χ1) is 18.6. The minimum Gasteiger partial charge on any atom is -0.544 e. The number of aromatic nitrogens is 1. The number of carbonyl (C=O) groups is 2. The molecule has 1 aromatic heterocycles. The Morgan fingerprint density at radius 1 is 0.846 bits per heavy atom. The van der Waals surface area contributed by atoms with Crippen molar-refractivity contribution in [1.29, 1.82) is 0 Å². The third-order valence-corrected chi connectivity index (χ3v) is 6.26. The summed E-state index contributed by atoms with van der Waals surface area (Å²) in [7, 11) is 0. The zero-order chi connectivity index (χ0) is 28.7. The van der Waals surface area contributed by atoms with E-state index in [-0.39, 0.29) is 18.0 Å². The smallest absolute Gasteiger partial charge is 0.393 e. The van der Waals surface area contributed by atoms with Crippen LogP contribution in [0, 0.1) is 0 Å². The zero-order valence-corrected chi connectivity index (χ0v) is 22.2. The Labute approximate surface area is 226 Å². The molecular weight excluding hydrogens is 518 g/mol. The van der Waals surface area contributed by atoms with Crippen LogP contribution < -0.4 is 25.3 Å². The number of ether oxygens (including phenoxy) is 1. The van der Waals surface area contributed by atoms with Gasteiger partial charge >= 0.3 is 17.8 Å². The third kappa shape index (κ3) is 10.0. The van der Waals surface area contributed by atoms with Crippen LogP contribution in [-0.2, 0) is 22.7 Å². The van der Waals surface area contributed by atoms with Crippen LogP contribution >= 0.6 is 0 Å². The first-order valence-corrected chi connectivity index (χ1v) is 13.3. The van der Waals surface area contributed by atoms with Gasteiger partial charge < -0.3 is 14.6 Å². The number of aryl methyl sites for hydroxylation is 1. The predicted molar refractivity (Wildman–Crippen MR) is 136 cm³/mol. The molecule has 0 aliphatic carbocycles. The lowest BCUT2D eigenvalue weighted by Crippen LogP contribution is -2.61. The average Bonchev–Trinajstić information content (AvgIpc) is 2.92. The van der Waals surface area contributed by atoms with Crippen LogP contribution in [-0.4, -0.2) is 23.7 Å². The topological polar surface area (TPSA) is 94.4 Å². The highest BCUT2D eigenvalue weighted by Crippen LogP contribution is 2.34. The van der Waals surface area contributed by atoms with E-state index >= 15 is 0 Å². The number of aliphatic carboxylic acids is 1. The molecule has 0 radical (unpaired) electrons. The molecule has 0 spiro atoms. The maximum atomic E-state index is 13.6. The molecule has 1 aromatic carbocycles. The second-order valence-corrected chi connectivity index (χ2v) is 9.43. The number of halogens is 4. The number of pyridine rings is 1. The number of carboxylic acid groups (broad SMARTS) is 1. The van der Waals surface area contributed by atoms with Gasteiger partial charge in [-0.2, -0.15) is 17.6 Å². The summed E-state index contributed by atoms with van der Waals surface area (Å²) in [4.78, 5) is 21.9. The summed E-state index contributed by atoms with van der Waals surface area (Å²) in [5.41, 5.74) is 4.30. The highest BCUT2D eigenvalue weighted by Gasteiger charge is 2.63. The molecule has 2 aromatic rings. The molecule has 0 aliphatic heterocycles. The molecule has 216 valence electrons. The lowest BCUT2D eigenvalue weighted by atomic mass is 10.1. The number of nitrogens with zero attached hydrogens (tertiary/aromatic N) is 1. The summed E-state index contributed by atoms with van der Waals surface area (Å²) in [5.74, 6) is -17.0.